The predicted octanol–water partition coefficient (Wildman–Crippen LogP) is 2.33. The van der Waals surface area contributed by atoms with E-state index >= 15 is 0 Å². The number of anilines is 1. The Hall–Kier alpha value is -2.67. The molecule has 0 fully saturated rings. The van der Waals surface area contributed by atoms with E-state index < -0.39 is 11.9 Å². The second-order valence-corrected chi connectivity index (χ2v) is 6.52. The molecule has 1 aliphatic heterocycles. The molecule has 0 spiro atoms. The smallest absolute Gasteiger partial charge is 0.272 e. The van der Waals surface area contributed by atoms with Crippen LogP contribution in [0.25, 0.3) is 0 Å². The van der Waals surface area contributed by atoms with Crippen molar-refractivity contribution in [3.05, 3.63) is 47.0 Å². The van der Waals surface area contributed by atoms with Crippen LogP contribution in [0.4, 0.5) is 10.1 Å². The van der Waals surface area contributed by atoms with Crippen LogP contribution in [0.5, 0.6) is 0 Å². The van der Waals surface area contributed by atoms with E-state index in [9.17, 15) is 14.0 Å². The summed E-state index contributed by atoms with van der Waals surface area (Å²) in [6.07, 6.45) is 2.83. The summed E-state index contributed by atoms with van der Waals surface area (Å²) in [7, 11) is 1.74. The maximum Gasteiger partial charge on any atom is 0.272 e. The Kier molecular flexibility index (Phi) is 5.37. The van der Waals surface area contributed by atoms with E-state index in [1.54, 1.807) is 23.9 Å². The van der Waals surface area contributed by atoms with Crippen LogP contribution < -0.4 is 10.2 Å². The Morgan fingerprint density at radius 3 is 3.12 bits per heavy atom. The molecule has 134 valence electrons. The van der Waals surface area contributed by atoms with E-state index in [0.29, 0.717) is 30.5 Å². The quantitative estimate of drug-likeness (QED) is 0.632. The Balaban J connectivity index is 1.88. The molecule has 1 amide bonds. The lowest BCUT2D eigenvalue weighted by atomic mass is 10.1. The van der Waals surface area contributed by atoms with Crippen molar-refractivity contribution in [2.75, 3.05) is 5.32 Å². The number of aldehydes is 1. The normalized spacial score (nSPS) is 16.7. The van der Waals surface area contributed by atoms with Crippen LogP contribution in [0.2, 0.25) is 0 Å². The van der Waals surface area contributed by atoms with Crippen molar-refractivity contribution >= 4 is 29.8 Å². The number of aryl methyl sites for hydroxylation is 1. The number of aromatic nitrogens is 1. The second kappa shape index (κ2) is 7.70. The van der Waals surface area contributed by atoms with Gasteiger partial charge in [0.1, 0.15) is 23.7 Å². The van der Waals surface area contributed by atoms with Crippen molar-refractivity contribution in [3.8, 4) is 6.07 Å². The van der Waals surface area contributed by atoms with E-state index in [1.807, 2.05) is 0 Å². The number of fused-ring (bicyclic) bond motifs is 1. The number of nitrogens with one attached hydrogen (secondary N) is 2. The number of hydrogen-bond acceptors (Lipinski definition) is 6. The van der Waals surface area contributed by atoms with Crippen molar-refractivity contribution in [1.82, 2.24) is 9.45 Å². The van der Waals surface area contributed by atoms with Crippen LogP contribution in [0, 0.1) is 17.1 Å². The molecule has 0 saturated heterocycles. The Bertz CT molecular complexity index is 906. The molecule has 9 heteroatoms. The number of nitrogens with zero attached hydrogens (tertiary/aromatic N) is 2. The summed E-state index contributed by atoms with van der Waals surface area (Å²) in [5, 5.41) is 11.6. The maximum absolute atomic E-state index is 13.4. The lowest BCUT2D eigenvalue weighted by molar-refractivity contribution is -0.120. The molecule has 2 N–H and O–H groups in total. The summed E-state index contributed by atoms with van der Waals surface area (Å²) in [5.74, 6) is -1.02. The van der Waals surface area contributed by atoms with E-state index in [0.717, 1.165) is 16.5 Å². The van der Waals surface area contributed by atoms with Crippen LogP contribution in [0.3, 0.4) is 0 Å². The molecule has 0 radical (unpaired) electrons. The van der Waals surface area contributed by atoms with Gasteiger partial charge in [0.2, 0.25) is 0 Å². The highest BCUT2D eigenvalue weighted by Crippen LogP contribution is 2.29. The zero-order chi connectivity index (χ0) is 18.7. The molecule has 1 aliphatic rings. The Morgan fingerprint density at radius 2 is 2.38 bits per heavy atom. The molecular weight excluding hydrogens is 359 g/mol. The number of hydrogen-bond donors (Lipinski definition) is 2. The van der Waals surface area contributed by atoms with E-state index in [-0.39, 0.29) is 11.5 Å². The van der Waals surface area contributed by atoms with E-state index in [2.05, 4.69) is 10.2 Å². The van der Waals surface area contributed by atoms with Crippen molar-refractivity contribution in [2.45, 2.75) is 23.8 Å². The average molecular weight is 374 g/mol. The van der Waals surface area contributed by atoms with Gasteiger partial charge in [-0.1, -0.05) is 0 Å². The molecule has 0 aliphatic carbocycles. The minimum absolute atomic E-state index is 0.143. The number of amides is 1. The third kappa shape index (κ3) is 3.62. The van der Waals surface area contributed by atoms with Gasteiger partial charge in [0.25, 0.3) is 5.91 Å². The molecular formula is C17H15FN4O3S. The number of nitriles is 1. The summed E-state index contributed by atoms with van der Waals surface area (Å²) >= 11 is 1.18. The standard InChI is InChI=1S/C17H15FN4O3S/c1-22-8-15-13(4-3-12(9-23)25-21-26-15)16(22)17(24)20-11-2-5-14(18)10(6-11)7-19/h2,5-6,8-9,12,21H,3-4H2,1H3,(H,20,24). The van der Waals surface area contributed by atoms with Gasteiger partial charge in [0.05, 0.1) is 5.56 Å². The highest BCUT2D eigenvalue weighted by molar-refractivity contribution is 7.97. The van der Waals surface area contributed by atoms with Gasteiger partial charge in [-0.05, 0) is 48.6 Å². The summed E-state index contributed by atoms with van der Waals surface area (Å²) in [6.45, 7) is 0. The van der Waals surface area contributed by atoms with Gasteiger partial charge >= 0.3 is 0 Å². The molecule has 3 rings (SSSR count). The van der Waals surface area contributed by atoms with Crippen LogP contribution in [-0.4, -0.2) is 22.9 Å². The molecule has 2 heterocycles. The molecule has 0 bridgehead atoms. The summed E-state index contributed by atoms with van der Waals surface area (Å²) < 4.78 is 15.1. The lowest BCUT2D eigenvalue weighted by Crippen LogP contribution is -2.24. The van der Waals surface area contributed by atoms with Crippen molar-refractivity contribution < 1.29 is 18.8 Å². The zero-order valence-electron chi connectivity index (χ0n) is 13.8. The largest absolute Gasteiger partial charge is 0.345 e. The molecule has 26 heavy (non-hydrogen) atoms. The highest BCUT2D eigenvalue weighted by atomic mass is 32.2. The first kappa shape index (κ1) is 18.1. The molecule has 1 aromatic heterocycles. The van der Waals surface area contributed by atoms with Gasteiger partial charge in [0, 0.05) is 23.8 Å². The van der Waals surface area contributed by atoms with Gasteiger partial charge < -0.3 is 14.7 Å². The first-order valence-corrected chi connectivity index (χ1v) is 8.57. The third-order valence-electron chi connectivity index (χ3n) is 3.99. The second-order valence-electron chi connectivity index (χ2n) is 5.71. The van der Waals surface area contributed by atoms with Crippen molar-refractivity contribution in [1.29, 1.82) is 5.26 Å². The fourth-order valence-electron chi connectivity index (χ4n) is 2.73. The Labute approximate surface area is 153 Å². The summed E-state index contributed by atoms with van der Waals surface area (Å²) in [6, 6.07) is 5.56. The van der Waals surface area contributed by atoms with Crippen molar-refractivity contribution in [3.63, 3.8) is 0 Å². The lowest BCUT2D eigenvalue weighted by Gasteiger charge is -2.16. The maximum atomic E-state index is 13.4. The van der Waals surface area contributed by atoms with E-state index in [1.165, 1.54) is 24.1 Å². The van der Waals surface area contributed by atoms with Gasteiger partial charge in [-0.15, -0.1) is 4.89 Å². The van der Waals surface area contributed by atoms with Crippen LogP contribution in [0.1, 0.15) is 28.0 Å². The van der Waals surface area contributed by atoms with Crippen LogP contribution in [0.15, 0.2) is 29.3 Å². The molecule has 1 unspecified atom stereocenters. The fourth-order valence-corrected chi connectivity index (χ4v) is 3.52. The zero-order valence-corrected chi connectivity index (χ0v) is 14.6. The molecule has 2 aromatic rings. The average Bonchev–Trinajstić information content (AvgIpc) is 2.91. The molecule has 0 saturated carbocycles. The monoisotopic (exact) mass is 374 g/mol. The van der Waals surface area contributed by atoms with E-state index in [4.69, 9.17) is 10.1 Å². The number of benzene rings is 1. The Morgan fingerprint density at radius 1 is 1.58 bits per heavy atom. The predicted molar refractivity (Wildman–Crippen MR) is 92.7 cm³/mol. The summed E-state index contributed by atoms with van der Waals surface area (Å²) in [4.78, 5) is 32.4. The van der Waals surface area contributed by atoms with Gasteiger partial charge in [-0.3, -0.25) is 9.63 Å². The number of carbonyl (C=O) groups is 2. The topological polar surface area (TPSA) is 96.2 Å². The molecule has 1 aromatic carbocycles. The SMILES string of the molecule is Cn1cc2c(c1C(=O)Nc1ccc(F)c(C#N)c1)CCC(C=O)ONS2. The van der Waals surface area contributed by atoms with Crippen LogP contribution in [-0.2, 0) is 23.1 Å². The first-order valence-electron chi connectivity index (χ1n) is 7.75. The minimum atomic E-state index is -0.642. The number of halogens is 1. The fraction of sp³-hybridized carbons (Fsp3) is 0.235. The minimum Gasteiger partial charge on any atom is -0.345 e. The summed E-state index contributed by atoms with van der Waals surface area (Å²) in [5.41, 5.74) is 1.41. The number of carbonyl (C=O) groups excluding carboxylic acids is 2. The van der Waals surface area contributed by atoms with Gasteiger partial charge in [0.15, 0.2) is 6.29 Å². The van der Waals surface area contributed by atoms with Crippen LogP contribution >= 0.6 is 11.9 Å². The number of rotatable bonds is 3. The highest BCUT2D eigenvalue weighted by Gasteiger charge is 2.24. The molecule has 1 atom stereocenters. The first-order chi connectivity index (χ1) is 12.5. The van der Waals surface area contributed by atoms with Gasteiger partial charge in [-0.2, -0.15) is 5.26 Å². The third-order valence-corrected chi connectivity index (χ3v) is 4.74. The van der Waals surface area contributed by atoms with Gasteiger partial charge in [-0.25, -0.2) is 4.39 Å². The molecule has 7 nitrogen and oxygen atoms in total. The van der Waals surface area contributed by atoms with Crippen molar-refractivity contribution in [2.24, 2.45) is 7.05 Å².